The van der Waals surface area contributed by atoms with E-state index in [2.05, 4.69) is 35.7 Å². The van der Waals surface area contributed by atoms with Crippen LogP contribution in [0.25, 0.3) is 5.95 Å². The van der Waals surface area contributed by atoms with Crippen LogP contribution >= 0.6 is 11.8 Å². The molecule has 2 N–H and O–H groups in total. The van der Waals surface area contributed by atoms with Crippen LogP contribution in [0.1, 0.15) is 19.4 Å². The molecule has 0 spiro atoms. The smallest absolute Gasteiger partial charge is 0.258 e. The van der Waals surface area contributed by atoms with E-state index in [1.165, 1.54) is 11.8 Å². The zero-order chi connectivity index (χ0) is 19.9. The van der Waals surface area contributed by atoms with Crippen molar-refractivity contribution in [2.24, 2.45) is 0 Å². The van der Waals surface area contributed by atoms with Crippen LogP contribution < -0.4 is 15.4 Å². The van der Waals surface area contributed by atoms with Gasteiger partial charge in [-0.2, -0.15) is 19.6 Å². The second kappa shape index (κ2) is 9.36. The van der Waals surface area contributed by atoms with Gasteiger partial charge >= 0.3 is 0 Å². The number of hydrogen-bond acceptors (Lipinski definition) is 9. The third-order valence-electron chi connectivity index (χ3n) is 3.61. The minimum Gasteiger partial charge on any atom is -0.492 e. The first kappa shape index (κ1) is 19.9. The lowest BCUT2D eigenvalue weighted by Crippen LogP contribution is -2.16. The van der Waals surface area contributed by atoms with E-state index >= 15 is 0 Å². The summed E-state index contributed by atoms with van der Waals surface area (Å²) in [5.41, 5.74) is 1.12. The van der Waals surface area contributed by atoms with Crippen molar-refractivity contribution in [3.8, 4) is 11.7 Å². The molecule has 3 aromatic rings. The number of aromatic nitrogens is 6. The van der Waals surface area contributed by atoms with E-state index in [-0.39, 0.29) is 6.04 Å². The van der Waals surface area contributed by atoms with Crippen molar-refractivity contribution in [2.45, 2.75) is 32.0 Å². The molecule has 0 aliphatic heterocycles. The highest BCUT2D eigenvalue weighted by Crippen LogP contribution is 2.18. The van der Waals surface area contributed by atoms with Gasteiger partial charge in [-0.3, -0.25) is 0 Å². The molecule has 148 valence electrons. The normalized spacial score (nSPS) is 10.9. The topological polar surface area (TPSA) is 103 Å². The summed E-state index contributed by atoms with van der Waals surface area (Å²) in [6.45, 7) is 6.64. The molecule has 0 fully saturated rings. The van der Waals surface area contributed by atoms with Crippen molar-refractivity contribution in [3.63, 3.8) is 0 Å². The van der Waals surface area contributed by atoms with Crippen molar-refractivity contribution in [2.75, 3.05) is 30.0 Å². The van der Waals surface area contributed by atoms with Gasteiger partial charge in [0.25, 0.3) is 5.95 Å². The molecule has 0 aliphatic rings. The molecular weight excluding hydrogens is 376 g/mol. The van der Waals surface area contributed by atoms with Gasteiger partial charge in [0.1, 0.15) is 12.1 Å². The highest BCUT2D eigenvalue weighted by Gasteiger charge is 2.11. The average Bonchev–Trinajstić information content (AvgIpc) is 3.15. The summed E-state index contributed by atoms with van der Waals surface area (Å²) < 4.78 is 7.34. The Morgan fingerprint density at radius 1 is 1.14 bits per heavy atom. The number of hydrogen-bond donors (Lipinski definition) is 2. The number of anilines is 2. The van der Waals surface area contributed by atoms with Gasteiger partial charge in [0.2, 0.25) is 17.1 Å². The molecule has 0 amide bonds. The SMILES string of the molecule is CNc1nc(NC(C)C)nc(-n2cnc(SCCOc3ccccc3C)n2)n1. The predicted octanol–water partition coefficient (Wildman–Crippen LogP) is 2.79. The van der Waals surface area contributed by atoms with Gasteiger partial charge in [-0.05, 0) is 32.4 Å². The maximum Gasteiger partial charge on any atom is 0.258 e. The van der Waals surface area contributed by atoms with Gasteiger partial charge in [-0.25, -0.2) is 4.98 Å². The van der Waals surface area contributed by atoms with Crippen LogP contribution in [-0.4, -0.2) is 55.2 Å². The number of ether oxygens (including phenoxy) is 1. The number of nitrogens with zero attached hydrogens (tertiary/aromatic N) is 6. The Hall–Kier alpha value is -2.88. The van der Waals surface area contributed by atoms with Crippen LogP contribution in [0.3, 0.4) is 0 Å². The molecule has 3 rings (SSSR count). The summed E-state index contributed by atoms with van der Waals surface area (Å²) in [5.74, 6) is 2.98. The number of thioether (sulfide) groups is 1. The maximum absolute atomic E-state index is 5.80. The number of rotatable bonds is 9. The lowest BCUT2D eigenvalue weighted by molar-refractivity contribution is 0.341. The summed E-state index contributed by atoms with van der Waals surface area (Å²) in [6, 6.07) is 8.17. The number of nitrogens with one attached hydrogen (secondary N) is 2. The van der Waals surface area contributed by atoms with Crippen molar-refractivity contribution in [1.82, 2.24) is 29.7 Å². The highest BCUT2D eigenvalue weighted by atomic mass is 32.2. The first-order valence-corrected chi connectivity index (χ1v) is 9.97. The molecule has 9 nitrogen and oxygen atoms in total. The molecule has 2 aromatic heterocycles. The summed E-state index contributed by atoms with van der Waals surface area (Å²) in [5, 5.41) is 11.2. The molecule has 0 saturated heterocycles. The fraction of sp³-hybridized carbons (Fsp3) is 0.389. The highest BCUT2D eigenvalue weighted by molar-refractivity contribution is 7.99. The molecule has 0 bridgehead atoms. The van der Waals surface area contributed by atoms with Crippen molar-refractivity contribution >= 4 is 23.7 Å². The van der Waals surface area contributed by atoms with Crippen molar-refractivity contribution in [3.05, 3.63) is 36.2 Å². The van der Waals surface area contributed by atoms with Crippen LogP contribution in [0.15, 0.2) is 35.7 Å². The average molecular weight is 401 g/mol. The van der Waals surface area contributed by atoms with Gasteiger partial charge in [0.05, 0.1) is 6.61 Å². The van der Waals surface area contributed by atoms with Gasteiger partial charge in [-0.1, -0.05) is 30.0 Å². The first-order chi connectivity index (χ1) is 13.5. The maximum atomic E-state index is 5.80. The largest absolute Gasteiger partial charge is 0.492 e. The quantitative estimate of drug-likeness (QED) is 0.414. The van der Waals surface area contributed by atoms with Crippen LogP contribution in [0.4, 0.5) is 11.9 Å². The zero-order valence-corrected chi connectivity index (χ0v) is 17.2. The van der Waals surface area contributed by atoms with Crippen LogP contribution in [0, 0.1) is 6.92 Å². The molecule has 10 heteroatoms. The molecular formula is C18H24N8OS. The zero-order valence-electron chi connectivity index (χ0n) is 16.4. The standard InChI is InChI=1S/C18H24N8OS/c1-12(2)21-16-22-15(19-4)23-17(24-16)26-11-20-18(25-26)28-10-9-27-14-8-6-5-7-13(14)3/h5-8,11-12H,9-10H2,1-4H3,(H2,19,21,22,23,24). The summed E-state index contributed by atoms with van der Waals surface area (Å²) in [6.07, 6.45) is 1.60. The van der Waals surface area contributed by atoms with E-state index in [0.717, 1.165) is 17.1 Å². The minimum absolute atomic E-state index is 0.204. The Kier molecular flexibility index (Phi) is 6.64. The van der Waals surface area contributed by atoms with E-state index in [1.807, 2.05) is 45.0 Å². The third kappa shape index (κ3) is 5.32. The predicted molar refractivity (Wildman–Crippen MR) is 110 cm³/mol. The van der Waals surface area contributed by atoms with E-state index in [4.69, 9.17) is 4.74 Å². The molecule has 28 heavy (non-hydrogen) atoms. The second-order valence-corrected chi connectivity index (χ2v) is 7.33. The number of para-hydroxylation sites is 1. The van der Waals surface area contributed by atoms with Gasteiger partial charge < -0.3 is 15.4 Å². The molecule has 0 aliphatic carbocycles. The molecule has 0 radical (unpaired) electrons. The lowest BCUT2D eigenvalue weighted by Gasteiger charge is -2.10. The van der Waals surface area contributed by atoms with Gasteiger partial charge in [0.15, 0.2) is 0 Å². The molecule has 0 unspecified atom stereocenters. The van der Waals surface area contributed by atoms with E-state index in [1.54, 1.807) is 18.1 Å². The lowest BCUT2D eigenvalue weighted by atomic mass is 10.2. The number of aryl methyl sites for hydroxylation is 1. The Balaban J connectivity index is 1.61. The monoisotopic (exact) mass is 400 g/mol. The van der Waals surface area contributed by atoms with E-state index < -0.39 is 0 Å². The molecule has 0 saturated carbocycles. The van der Waals surface area contributed by atoms with Crippen molar-refractivity contribution in [1.29, 1.82) is 0 Å². The molecule has 1 aromatic carbocycles. The summed E-state index contributed by atoms with van der Waals surface area (Å²) in [4.78, 5) is 17.4. The Bertz CT molecular complexity index is 914. The van der Waals surface area contributed by atoms with E-state index in [9.17, 15) is 0 Å². The van der Waals surface area contributed by atoms with Crippen molar-refractivity contribution < 1.29 is 4.74 Å². The minimum atomic E-state index is 0.204. The van der Waals surface area contributed by atoms with Crippen LogP contribution in [-0.2, 0) is 0 Å². The van der Waals surface area contributed by atoms with Gasteiger partial charge in [0, 0.05) is 18.8 Å². The van der Waals surface area contributed by atoms with Gasteiger partial charge in [-0.15, -0.1) is 5.10 Å². The first-order valence-electron chi connectivity index (χ1n) is 8.99. The second-order valence-electron chi connectivity index (χ2n) is 6.27. The Morgan fingerprint density at radius 3 is 2.68 bits per heavy atom. The Labute approximate surface area is 168 Å². The Morgan fingerprint density at radius 2 is 1.93 bits per heavy atom. The van der Waals surface area contributed by atoms with Crippen LogP contribution in [0.2, 0.25) is 0 Å². The fourth-order valence-electron chi connectivity index (χ4n) is 2.32. The fourth-order valence-corrected chi connectivity index (χ4v) is 2.93. The van der Waals surface area contributed by atoms with Crippen LogP contribution in [0.5, 0.6) is 5.75 Å². The van der Waals surface area contributed by atoms with E-state index in [0.29, 0.717) is 29.6 Å². The number of benzene rings is 1. The molecule has 2 heterocycles. The third-order valence-corrected chi connectivity index (χ3v) is 4.42. The summed E-state index contributed by atoms with van der Waals surface area (Å²) in [7, 11) is 1.76. The molecule has 0 atom stereocenters. The summed E-state index contributed by atoms with van der Waals surface area (Å²) >= 11 is 1.52.